The molecule has 22 heavy (non-hydrogen) atoms. The van der Waals surface area contributed by atoms with E-state index in [-0.39, 0.29) is 5.54 Å². The highest BCUT2D eigenvalue weighted by atomic mass is 15.4. The van der Waals surface area contributed by atoms with E-state index in [4.69, 9.17) is 10.7 Å². The molecule has 0 aliphatic carbocycles. The van der Waals surface area contributed by atoms with Crippen molar-refractivity contribution < 1.29 is 0 Å². The molecule has 2 aromatic carbocycles. The topological polar surface area (TPSA) is 62.9 Å². The Hall–Kier alpha value is -2.80. The van der Waals surface area contributed by atoms with Crippen molar-refractivity contribution in [3.05, 3.63) is 59.7 Å². The molecule has 0 bridgehead atoms. The molecule has 110 valence electrons. The molecule has 2 aromatic rings. The van der Waals surface area contributed by atoms with Crippen molar-refractivity contribution in [2.75, 3.05) is 13.6 Å². The number of rotatable bonds is 2. The molecule has 2 N–H and O–H groups in total. The second-order valence-corrected chi connectivity index (χ2v) is 5.94. The van der Waals surface area contributed by atoms with E-state index in [0.717, 1.165) is 23.2 Å². The molecule has 1 aliphatic heterocycles. The summed E-state index contributed by atoms with van der Waals surface area (Å²) in [6.45, 7) is 2.86. The third-order valence-corrected chi connectivity index (χ3v) is 4.15. The number of guanidine groups is 1. The fourth-order valence-electron chi connectivity index (χ4n) is 2.92. The minimum absolute atomic E-state index is 0.269. The minimum atomic E-state index is -0.269. The third kappa shape index (κ3) is 2.42. The van der Waals surface area contributed by atoms with Gasteiger partial charge in [0.1, 0.15) is 0 Å². The molecule has 4 nitrogen and oxygen atoms in total. The Kier molecular flexibility index (Phi) is 3.34. The van der Waals surface area contributed by atoms with Crippen LogP contribution in [0.1, 0.15) is 18.1 Å². The predicted molar refractivity (Wildman–Crippen MR) is 87.4 cm³/mol. The van der Waals surface area contributed by atoms with Gasteiger partial charge >= 0.3 is 0 Å². The highest BCUT2D eigenvalue weighted by molar-refractivity contribution is 5.80. The first-order valence-corrected chi connectivity index (χ1v) is 7.21. The quantitative estimate of drug-likeness (QED) is 0.894. The normalized spacial score (nSPS) is 20.6. The van der Waals surface area contributed by atoms with E-state index in [9.17, 15) is 0 Å². The summed E-state index contributed by atoms with van der Waals surface area (Å²) in [6, 6.07) is 18.1. The van der Waals surface area contributed by atoms with Gasteiger partial charge < -0.3 is 10.2 Å². The van der Waals surface area contributed by atoms with Crippen LogP contribution in [0.5, 0.6) is 0 Å². The number of hydrogen-bond acceptors (Lipinski definition) is 2. The Morgan fingerprint density at radius 3 is 2.50 bits per heavy atom. The zero-order chi connectivity index (χ0) is 15.7. The molecular formula is C18H18N4. The van der Waals surface area contributed by atoms with Gasteiger partial charge in [-0.25, -0.2) is 0 Å². The summed E-state index contributed by atoms with van der Waals surface area (Å²) in [6.07, 6.45) is 0. The minimum Gasteiger partial charge on any atom is -0.345 e. The van der Waals surface area contributed by atoms with E-state index in [1.54, 1.807) is 0 Å². The van der Waals surface area contributed by atoms with Crippen LogP contribution in [-0.2, 0) is 5.54 Å². The third-order valence-electron chi connectivity index (χ3n) is 4.15. The molecule has 0 aromatic heterocycles. The van der Waals surface area contributed by atoms with Crippen molar-refractivity contribution in [1.29, 1.82) is 10.7 Å². The van der Waals surface area contributed by atoms with Crippen molar-refractivity contribution in [3.63, 3.8) is 0 Å². The summed E-state index contributed by atoms with van der Waals surface area (Å²) in [5.74, 6) is 0.444. The van der Waals surface area contributed by atoms with Crippen LogP contribution in [0.3, 0.4) is 0 Å². The van der Waals surface area contributed by atoms with Crippen LogP contribution >= 0.6 is 0 Å². The van der Waals surface area contributed by atoms with Crippen LogP contribution in [0.15, 0.2) is 48.5 Å². The summed E-state index contributed by atoms with van der Waals surface area (Å²) in [7, 11) is 1.92. The maximum Gasteiger partial charge on any atom is 0.191 e. The van der Waals surface area contributed by atoms with E-state index in [2.05, 4.69) is 30.4 Å². The van der Waals surface area contributed by atoms with E-state index in [0.29, 0.717) is 11.5 Å². The number of nitriles is 1. The lowest BCUT2D eigenvalue weighted by atomic mass is 9.90. The molecule has 1 saturated heterocycles. The van der Waals surface area contributed by atoms with E-state index in [1.165, 1.54) is 0 Å². The van der Waals surface area contributed by atoms with E-state index >= 15 is 0 Å². The lowest BCUT2D eigenvalue weighted by molar-refractivity contribution is 0.404. The van der Waals surface area contributed by atoms with Crippen molar-refractivity contribution in [3.8, 4) is 17.2 Å². The van der Waals surface area contributed by atoms with Gasteiger partial charge in [-0.2, -0.15) is 5.26 Å². The molecule has 0 amide bonds. The number of benzene rings is 2. The van der Waals surface area contributed by atoms with Gasteiger partial charge in [0.25, 0.3) is 0 Å². The zero-order valence-electron chi connectivity index (χ0n) is 12.7. The van der Waals surface area contributed by atoms with E-state index < -0.39 is 0 Å². The fourth-order valence-corrected chi connectivity index (χ4v) is 2.92. The average Bonchev–Trinajstić information content (AvgIpc) is 2.81. The van der Waals surface area contributed by atoms with Gasteiger partial charge in [0, 0.05) is 13.6 Å². The van der Waals surface area contributed by atoms with Gasteiger partial charge in [-0.3, -0.25) is 5.41 Å². The maximum absolute atomic E-state index is 9.05. The Morgan fingerprint density at radius 1 is 1.18 bits per heavy atom. The first kappa shape index (κ1) is 14.2. The Labute approximate surface area is 130 Å². The molecule has 1 unspecified atom stereocenters. The van der Waals surface area contributed by atoms with Crippen LogP contribution in [0, 0.1) is 16.7 Å². The molecule has 0 saturated carbocycles. The summed E-state index contributed by atoms with van der Waals surface area (Å²) < 4.78 is 0. The second-order valence-electron chi connectivity index (χ2n) is 5.94. The molecule has 3 rings (SSSR count). The van der Waals surface area contributed by atoms with Gasteiger partial charge in [-0.15, -0.1) is 0 Å². The Bertz CT molecular complexity index is 775. The molecular weight excluding hydrogens is 272 g/mol. The average molecular weight is 290 g/mol. The first-order chi connectivity index (χ1) is 10.5. The van der Waals surface area contributed by atoms with Crippen molar-refractivity contribution >= 4 is 5.96 Å². The highest BCUT2D eigenvalue weighted by Gasteiger charge is 2.36. The van der Waals surface area contributed by atoms with Gasteiger partial charge in [0.05, 0.1) is 17.2 Å². The summed E-state index contributed by atoms with van der Waals surface area (Å²) in [5, 5.41) is 20.2. The van der Waals surface area contributed by atoms with Crippen LogP contribution < -0.4 is 5.32 Å². The second kappa shape index (κ2) is 5.19. The van der Waals surface area contributed by atoms with E-state index in [1.807, 2.05) is 48.3 Å². The van der Waals surface area contributed by atoms with Gasteiger partial charge in [0.15, 0.2) is 5.96 Å². The molecule has 0 spiro atoms. The molecule has 1 aliphatic rings. The predicted octanol–water partition coefficient (Wildman–Crippen LogP) is 2.91. The lowest BCUT2D eigenvalue weighted by Gasteiger charge is -2.24. The summed E-state index contributed by atoms with van der Waals surface area (Å²) >= 11 is 0. The van der Waals surface area contributed by atoms with Crippen molar-refractivity contribution in [1.82, 2.24) is 10.2 Å². The van der Waals surface area contributed by atoms with Gasteiger partial charge in [-0.05, 0) is 41.8 Å². The molecule has 1 heterocycles. The number of nitrogens with zero attached hydrogens (tertiary/aromatic N) is 2. The van der Waals surface area contributed by atoms with Crippen molar-refractivity contribution in [2.45, 2.75) is 12.5 Å². The van der Waals surface area contributed by atoms with Crippen LogP contribution in [0.2, 0.25) is 0 Å². The molecule has 0 radical (unpaired) electrons. The van der Waals surface area contributed by atoms with Crippen molar-refractivity contribution in [2.24, 2.45) is 0 Å². The summed E-state index contributed by atoms with van der Waals surface area (Å²) in [4.78, 5) is 1.91. The molecule has 1 fully saturated rings. The fraction of sp³-hybridized carbons (Fsp3) is 0.222. The highest BCUT2D eigenvalue weighted by Crippen LogP contribution is 2.30. The molecule has 4 heteroatoms. The SMILES string of the molecule is CN1CC(C)(c2cccc(-c3cccc(C#N)c3)c2)NC1=N. The zero-order valence-corrected chi connectivity index (χ0v) is 12.7. The number of hydrogen-bond donors (Lipinski definition) is 2. The first-order valence-electron chi connectivity index (χ1n) is 7.21. The monoisotopic (exact) mass is 290 g/mol. The number of nitrogens with one attached hydrogen (secondary N) is 2. The van der Waals surface area contributed by atoms with Crippen LogP contribution in [0.25, 0.3) is 11.1 Å². The summed E-state index contributed by atoms with van der Waals surface area (Å²) in [5.41, 5.74) is 3.65. The molecule has 1 atom stereocenters. The lowest BCUT2D eigenvalue weighted by Crippen LogP contribution is -2.37. The standard InChI is InChI=1S/C18H18N4/c1-18(12-22(2)17(20)21-18)16-8-4-7-15(10-16)14-6-3-5-13(9-14)11-19/h3-10H,12H2,1-2H3,(H2,20,21). The smallest absolute Gasteiger partial charge is 0.191 e. The van der Waals surface area contributed by atoms with Gasteiger partial charge in [0.2, 0.25) is 0 Å². The van der Waals surface area contributed by atoms with Gasteiger partial charge in [-0.1, -0.05) is 30.3 Å². The van der Waals surface area contributed by atoms with Crippen LogP contribution in [0.4, 0.5) is 0 Å². The Morgan fingerprint density at radius 2 is 1.86 bits per heavy atom. The van der Waals surface area contributed by atoms with Crippen LogP contribution in [-0.4, -0.2) is 24.5 Å². The maximum atomic E-state index is 9.05. The Balaban J connectivity index is 2.00. The largest absolute Gasteiger partial charge is 0.345 e. The number of likely N-dealkylation sites (N-methyl/N-ethyl adjacent to an activating group) is 1.